The van der Waals surface area contributed by atoms with E-state index in [9.17, 15) is 4.79 Å². The van der Waals surface area contributed by atoms with Gasteiger partial charge >= 0.3 is 5.71 Å². The molecular weight excluding hydrogens is 324 g/mol. The van der Waals surface area contributed by atoms with Crippen LogP contribution in [0.15, 0.2) is 34.7 Å². The molecule has 1 N–H and O–H groups in total. The van der Waals surface area contributed by atoms with Gasteiger partial charge in [-0.1, -0.05) is 25.4 Å². The van der Waals surface area contributed by atoms with Crippen LogP contribution in [0.1, 0.15) is 30.8 Å². The molecule has 0 aliphatic carbocycles. The van der Waals surface area contributed by atoms with E-state index in [2.05, 4.69) is 18.8 Å². The number of fused-ring (bicyclic) bond motifs is 2. The molecule has 1 saturated heterocycles. The van der Waals surface area contributed by atoms with Crippen molar-refractivity contribution in [3.05, 3.63) is 41.1 Å². The number of pyridine rings is 1. The van der Waals surface area contributed by atoms with Crippen LogP contribution in [-0.4, -0.2) is 23.9 Å². The molecular formula is C19H20ClN2O2+. The van der Waals surface area contributed by atoms with E-state index >= 15 is 0 Å². The maximum absolute atomic E-state index is 12.8. The van der Waals surface area contributed by atoms with Gasteiger partial charge in [0.1, 0.15) is 0 Å². The minimum Gasteiger partial charge on any atom is -0.399 e. The summed E-state index contributed by atoms with van der Waals surface area (Å²) in [6, 6.07) is 9.50. The molecule has 0 saturated carbocycles. The Morgan fingerprint density at radius 2 is 1.92 bits per heavy atom. The summed E-state index contributed by atoms with van der Waals surface area (Å²) in [5, 5.41) is 2.59. The maximum Gasteiger partial charge on any atom is 0.379 e. The fraction of sp³-hybridized carbons (Fsp3) is 0.368. The zero-order valence-electron chi connectivity index (χ0n) is 13.8. The number of hydrogen-bond acceptors (Lipinski definition) is 2. The van der Waals surface area contributed by atoms with E-state index < -0.39 is 0 Å². The van der Waals surface area contributed by atoms with Crippen molar-refractivity contribution < 1.29 is 14.2 Å². The van der Waals surface area contributed by atoms with Crippen LogP contribution in [0, 0.1) is 11.8 Å². The third kappa shape index (κ3) is 2.75. The van der Waals surface area contributed by atoms with Crippen LogP contribution in [0.2, 0.25) is 5.02 Å². The molecule has 3 aromatic rings. The number of furan rings is 1. The zero-order chi connectivity index (χ0) is 16.8. The number of carbonyl (C=O) groups excluding carboxylic acids is 1. The average molecular weight is 344 g/mol. The molecule has 24 heavy (non-hydrogen) atoms. The first-order chi connectivity index (χ1) is 11.5. The third-order valence-corrected chi connectivity index (χ3v) is 4.94. The zero-order valence-corrected chi connectivity index (χ0v) is 14.6. The van der Waals surface area contributed by atoms with Crippen LogP contribution in [-0.2, 0) is 0 Å². The van der Waals surface area contributed by atoms with Gasteiger partial charge in [0.25, 0.3) is 5.91 Å². The molecule has 124 valence electrons. The lowest BCUT2D eigenvalue weighted by Crippen LogP contribution is -2.42. The standard InChI is InChI=1S/C19H19ClN2O2/c1-11-5-12(2)10-22(9-11)19(23)17-7-14-6-13-3-4-15(20)8-16(13)21-18(14)24-17/h3-4,6-8,11-12H,5,9-10H2,1-2H3/p+1. The summed E-state index contributed by atoms with van der Waals surface area (Å²) in [5.41, 5.74) is 1.50. The molecule has 3 heterocycles. The highest BCUT2D eigenvalue weighted by Crippen LogP contribution is 2.26. The van der Waals surface area contributed by atoms with Crippen LogP contribution >= 0.6 is 11.6 Å². The third-order valence-electron chi connectivity index (χ3n) is 4.70. The summed E-state index contributed by atoms with van der Waals surface area (Å²) in [5.74, 6) is 1.42. The van der Waals surface area contributed by atoms with Crippen LogP contribution in [0.5, 0.6) is 0 Å². The number of carbonyl (C=O) groups is 1. The van der Waals surface area contributed by atoms with E-state index in [4.69, 9.17) is 16.0 Å². The van der Waals surface area contributed by atoms with Crippen molar-refractivity contribution in [3.8, 4) is 0 Å². The largest absolute Gasteiger partial charge is 0.399 e. The molecule has 2 aromatic heterocycles. The van der Waals surface area contributed by atoms with Crippen molar-refractivity contribution in [2.24, 2.45) is 11.8 Å². The van der Waals surface area contributed by atoms with E-state index in [-0.39, 0.29) is 5.91 Å². The molecule has 1 aromatic carbocycles. The van der Waals surface area contributed by atoms with Gasteiger partial charge in [-0.2, -0.15) is 4.98 Å². The minimum absolute atomic E-state index is 0.0277. The van der Waals surface area contributed by atoms with Crippen molar-refractivity contribution in [1.82, 2.24) is 4.90 Å². The van der Waals surface area contributed by atoms with Crippen LogP contribution in [0.3, 0.4) is 0 Å². The van der Waals surface area contributed by atoms with E-state index in [0.29, 0.717) is 28.3 Å². The molecule has 1 amide bonds. The first kappa shape index (κ1) is 15.5. The SMILES string of the molecule is CC1CC(C)CN(C(=O)c2cc3cc4ccc(Cl)cc4[nH+]c3o2)C1. The Bertz CT molecular complexity index is 924. The van der Waals surface area contributed by atoms with Gasteiger partial charge in [0.05, 0.1) is 5.39 Å². The second kappa shape index (κ2) is 5.78. The van der Waals surface area contributed by atoms with Crippen LogP contribution in [0.4, 0.5) is 0 Å². The lowest BCUT2D eigenvalue weighted by molar-refractivity contribution is -0.322. The van der Waals surface area contributed by atoms with Gasteiger partial charge in [0, 0.05) is 35.6 Å². The fourth-order valence-corrected chi connectivity index (χ4v) is 3.92. The summed E-state index contributed by atoms with van der Waals surface area (Å²) in [7, 11) is 0. The number of nitrogens with one attached hydrogen (secondary N) is 1. The Balaban J connectivity index is 1.71. The van der Waals surface area contributed by atoms with Gasteiger partial charge in [-0.05, 0) is 36.5 Å². The quantitative estimate of drug-likeness (QED) is 0.665. The summed E-state index contributed by atoms with van der Waals surface area (Å²) < 4.78 is 5.81. The number of benzene rings is 1. The second-order valence-corrected chi connectivity index (χ2v) is 7.49. The van der Waals surface area contributed by atoms with Gasteiger partial charge in [-0.25, -0.2) is 0 Å². The van der Waals surface area contributed by atoms with Crippen molar-refractivity contribution >= 4 is 39.5 Å². The monoisotopic (exact) mass is 343 g/mol. The lowest BCUT2D eigenvalue weighted by Gasteiger charge is -2.34. The van der Waals surface area contributed by atoms with Gasteiger partial charge in [-0.3, -0.25) is 4.79 Å². The summed E-state index contributed by atoms with van der Waals surface area (Å²) in [4.78, 5) is 17.9. The molecule has 0 radical (unpaired) electrons. The van der Waals surface area contributed by atoms with Crippen LogP contribution in [0.25, 0.3) is 22.0 Å². The average Bonchev–Trinajstić information content (AvgIpc) is 2.93. The Morgan fingerprint density at radius 1 is 1.17 bits per heavy atom. The number of nitrogens with zero attached hydrogens (tertiary/aromatic N) is 1. The van der Waals surface area contributed by atoms with Crippen molar-refractivity contribution in [2.45, 2.75) is 20.3 Å². The number of aromatic amines is 1. The summed E-state index contributed by atoms with van der Waals surface area (Å²) in [6.45, 7) is 5.97. The van der Waals surface area contributed by atoms with E-state index in [1.807, 2.05) is 35.2 Å². The molecule has 2 atom stereocenters. The Kier molecular flexibility index (Phi) is 3.72. The minimum atomic E-state index is -0.0277. The van der Waals surface area contributed by atoms with Crippen molar-refractivity contribution in [2.75, 3.05) is 13.1 Å². The number of amides is 1. The number of piperidine rings is 1. The number of likely N-dealkylation sites (tertiary alicyclic amines) is 1. The Morgan fingerprint density at radius 3 is 2.67 bits per heavy atom. The number of rotatable bonds is 1. The van der Waals surface area contributed by atoms with E-state index in [0.717, 1.165) is 29.4 Å². The molecule has 2 unspecified atom stereocenters. The predicted molar refractivity (Wildman–Crippen MR) is 94.1 cm³/mol. The second-order valence-electron chi connectivity index (χ2n) is 7.05. The van der Waals surface area contributed by atoms with Crippen LogP contribution < -0.4 is 4.98 Å². The smallest absolute Gasteiger partial charge is 0.379 e. The fourth-order valence-electron chi connectivity index (χ4n) is 3.75. The van der Waals surface area contributed by atoms with Gasteiger partial charge in [-0.15, -0.1) is 0 Å². The molecule has 0 bridgehead atoms. The van der Waals surface area contributed by atoms with Gasteiger partial charge in [0.15, 0.2) is 5.76 Å². The maximum atomic E-state index is 12.8. The highest BCUT2D eigenvalue weighted by atomic mass is 35.5. The molecule has 4 rings (SSSR count). The summed E-state index contributed by atoms with van der Waals surface area (Å²) in [6.07, 6.45) is 1.17. The molecule has 4 nitrogen and oxygen atoms in total. The topological polar surface area (TPSA) is 47.6 Å². The number of H-pyrrole nitrogens is 1. The molecule has 1 aliphatic rings. The van der Waals surface area contributed by atoms with Gasteiger partial charge in [0.2, 0.25) is 5.52 Å². The molecule has 1 fully saturated rings. The summed E-state index contributed by atoms with van der Waals surface area (Å²) >= 11 is 6.04. The van der Waals surface area contributed by atoms with E-state index in [1.165, 1.54) is 6.42 Å². The number of halogens is 1. The predicted octanol–water partition coefficient (Wildman–Crippen LogP) is 4.17. The molecule has 1 aliphatic heterocycles. The van der Waals surface area contributed by atoms with Crippen molar-refractivity contribution in [3.63, 3.8) is 0 Å². The highest BCUT2D eigenvalue weighted by Gasteiger charge is 2.28. The Hall–Kier alpha value is -2.07. The Labute approximate surface area is 145 Å². The highest BCUT2D eigenvalue weighted by molar-refractivity contribution is 6.31. The number of hydrogen-bond donors (Lipinski definition) is 0. The van der Waals surface area contributed by atoms with Crippen molar-refractivity contribution in [1.29, 1.82) is 0 Å². The first-order valence-electron chi connectivity index (χ1n) is 8.34. The normalized spacial score (nSPS) is 21.5. The lowest BCUT2D eigenvalue weighted by atomic mass is 9.92. The van der Waals surface area contributed by atoms with E-state index in [1.54, 1.807) is 0 Å². The first-order valence-corrected chi connectivity index (χ1v) is 8.72. The molecule has 0 spiro atoms. The molecule has 5 heteroatoms. The van der Waals surface area contributed by atoms with Gasteiger partial charge < -0.3 is 9.32 Å². The number of aromatic nitrogens is 1.